The molecular formula is C33H35NO12. The minimum atomic E-state index is -2.01. The fourth-order valence-corrected chi connectivity index (χ4v) is 7.45. The van der Waals surface area contributed by atoms with Crippen LogP contribution in [-0.2, 0) is 51.8 Å². The van der Waals surface area contributed by atoms with Gasteiger partial charge in [0.2, 0.25) is 6.10 Å². The van der Waals surface area contributed by atoms with Gasteiger partial charge in [0.05, 0.1) is 24.0 Å². The maximum atomic E-state index is 13.0. The van der Waals surface area contributed by atoms with E-state index in [1.54, 1.807) is 30.3 Å². The Balaban J connectivity index is 1.13. The molecule has 2 aliphatic heterocycles. The normalized spacial score (nSPS) is 27.6. The molecule has 2 aromatic rings. The van der Waals surface area contributed by atoms with Crippen molar-refractivity contribution in [2.24, 2.45) is 0 Å². The topological polar surface area (TPSA) is 189 Å². The number of likely N-dealkylation sites (N-methyl/N-ethyl adjacent to an activating group) is 1. The Morgan fingerprint density at radius 3 is 2.52 bits per heavy atom. The maximum Gasteiger partial charge on any atom is 0.349 e. The molecule has 13 nitrogen and oxygen atoms in total. The molecule has 46 heavy (non-hydrogen) atoms. The van der Waals surface area contributed by atoms with Gasteiger partial charge in [0.25, 0.3) is 0 Å². The average Bonchev–Trinajstić information content (AvgIpc) is 3.39. The number of rotatable bonds is 10. The molecule has 0 aromatic heterocycles. The van der Waals surface area contributed by atoms with Gasteiger partial charge in [-0.25, -0.2) is 14.4 Å². The second-order valence-corrected chi connectivity index (χ2v) is 12.2. The van der Waals surface area contributed by atoms with E-state index in [4.69, 9.17) is 18.9 Å². The molecule has 2 aliphatic carbocycles. The summed E-state index contributed by atoms with van der Waals surface area (Å²) >= 11 is 0. The van der Waals surface area contributed by atoms with Crippen LogP contribution in [0.4, 0.5) is 0 Å². The Bertz CT molecular complexity index is 1610. The second-order valence-electron chi connectivity index (χ2n) is 12.2. The van der Waals surface area contributed by atoms with E-state index >= 15 is 0 Å². The monoisotopic (exact) mass is 637 g/mol. The molecule has 0 amide bonds. The van der Waals surface area contributed by atoms with Gasteiger partial charge in [-0.1, -0.05) is 42.5 Å². The van der Waals surface area contributed by atoms with E-state index in [0.29, 0.717) is 30.7 Å². The van der Waals surface area contributed by atoms with E-state index in [1.165, 1.54) is 12.1 Å². The van der Waals surface area contributed by atoms with Gasteiger partial charge in [-0.05, 0) is 45.0 Å². The first-order valence-electron chi connectivity index (χ1n) is 15.0. The van der Waals surface area contributed by atoms with Crippen LogP contribution in [0.15, 0.2) is 54.3 Å². The molecule has 244 valence electrons. The molecule has 1 saturated heterocycles. The van der Waals surface area contributed by atoms with E-state index in [9.17, 15) is 39.6 Å². The number of hydrogen-bond donors (Lipinski definition) is 4. The molecule has 6 rings (SSSR count). The Hall–Kier alpha value is -4.30. The summed E-state index contributed by atoms with van der Waals surface area (Å²) in [6, 6.07) is 11.2. The minimum Gasteiger partial charge on any atom is -0.481 e. The number of carboxylic acids is 1. The van der Waals surface area contributed by atoms with E-state index in [0.717, 1.165) is 18.1 Å². The fraction of sp³-hybridized carbons (Fsp3) is 0.455. The third kappa shape index (κ3) is 4.94. The molecule has 2 aromatic carbocycles. The van der Waals surface area contributed by atoms with E-state index < -0.39 is 65.7 Å². The summed E-state index contributed by atoms with van der Waals surface area (Å²) in [6.07, 6.45) is -4.12. The molecule has 2 heterocycles. The molecule has 0 unspecified atom stereocenters. The third-order valence-electron chi connectivity index (χ3n) is 9.68. The molecular weight excluding hydrogens is 602 g/mol. The molecule has 1 spiro atoms. The number of likely N-dealkylation sites (tertiary alicyclic amines) is 1. The van der Waals surface area contributed by atoms with Crippen molar-refractivity contribution in [2.75, 3.05) is 13.6 Å². The van der Waals surface area contributed by atoms with Gasteiger partial charge in [0.15, 0.2) is 18.3 Å². The number of aliphatic hydroxyl groups excluding tert-OH is 2. The van der Waals surface area contributed by atoms with Crippen LogP contribution in [0.2, 0.25) is 0 Å². The van der Waals surface area contributed by atoms with Gasteiger partial charge in [0, 0.05) is 29.2 Å². The predicted octanol–water partition coefficient (Wildman–Crippen LogP) is 1.05. The number of benzene rings is 2. The van der Waals surface area contributed by atoms with Crippen LogP contribution < -0.4 is 4.74 Å². The van der Waals surface area contributed by atoms with Crippen molar-refractivity contribution in [1.29, 1.82) is 0 Å². The lowest BCUT2D eigenvalue weighted by atomic mass is 9.50. The number of aliphatic carboxylic acids is 1. The van der Waals surface area contributed by atoms with Crippen LogP contribution in [-0.4, -0.2) is 92.8 Å². The summed E-state index contributed by atoms with van der Waals surface area (Å²) in [5.41, 5.74) is 0.385. The zero-order chi connectivity index (χ0) is 33.0. The van der Waals surface area contributed by atoms with Gasteiger partial charge in [0.1, 0.15) is 11.5 Å². The number of carboxylic acid groups (broad SMARTS) is 1. The first-order valence-corrected chi connectivity index (χ1v) is 15.0. The summed E-state index contributed by atoms with van der Waals surface area (Å²) in [4.78, 5) is 51.9. The number of aliphatic hydroxyl groups is 3. The van der Waals surface area contributed by atoms with Gasteiger partial charge < -0.3 is 44.3 Å². The third-order valence-corrected chi connectivity index (χ3v) is 9.68. The van der Waals surface area contributed by atoms with Crippen LogP contribution in [0.25, 0.3) is 0 Å². The van der Waals surface area contributed by atoms with Gasteiger partial charge in [-0.15, -0.1) is 0 Å². The molecule has 0 saturated carbocycles. The number of nitrogens with zero attached hydrogens (tertiary/aromatic N) is 1. The first kappa shape index (κ1) is 31.7. The van der Waals surface area contributed by atoms with Crippen molar-refractivity contribution in [3.8, 4) is 5.75 Å². The highest BCUT2D eigenvalue weighted by atomic mass is 16.6. The molecule has 4 aliphatic rings. The standard InChI is InChI=1S/C33H35NO12/c1-17(30(40)46-27(29(38)39)18-6-4-3-5-7-18)43-31(41)21(36)15-24(37)44-22-10-11-33(42)23-14-19-8-9-20(16-35)26-25(19)32(33,28(22)45-26)12-13-34(23)2/h3-10,17,21,23,27-28,35-36,42H,11-16H2,1-2H3,(H,38,39)/t17-,21-,23+,27-,28-,32-,33+/m0/s1. The molecule has 0 radical (unpaired) electrons. The number of esters is 3. The van der Waals surface area contributed by atoms with Gasteiger partial charge >= 0.3 is 23.9 Å². The van der Waals surface area contributed by atoms with Crippen molar-refractivity contribution in [3.05, 3.63) is 76.6 Å². The molecule has 4 N–H and O–H groups in total. The fourth-order valence-electron chi connectivity index (χ4n) is 7.45. The van der Waals surface area contributed by atoms with Crippen LogP contribution in [0, 0.1) is 0 Å². The number of piperidine rings is 1. The SMILES string of the molecule is C[C@H](OC(=O)[C@@H](O)CC(=O)OC1=CC[C@@]2(O)[C@H]3Cc4ccc(CO)c5c4[C@@]2(CCN3C)[C@H]1O5)C(=O)O[C@H](C(=O)O)c1ccccc1. The summed E-state index contributed by atoms with van der Waals surface area (Å²) in [5, 5.41) is 42.2. The minimum absolute atomic E-state index is 0.129. The van der Waals surface area contributed by atoms with Gasteiger partial charge in [-0.2, -0.15) is 0 Å². The van der Waals surface area contributed by atoms with Crippen LogP contribution in [0.5, 0.6) is 5.75 Å². The van der Waals surface area contributed by atoms with E-state index in [2.05, 4.69) is 4.90 Å². The molecule has 1 fully saturated rings. The Labute approximate surface area is 263 Å². The van der Waals surface area contributed by atoms with Crippen LogP contribution in [0.1, 0.15) is 54.5 Å². The highest BCUT2D eigenvalue weighted by Gasteiger charge is 2.71. The summed E-state index contributed by atoms with van der Waals surface area (Å²) < 4.78 is 22.1. The first-order chi connectivity index (χ1) is 21.9. The van der Waals surface area contributed by atoms with Gasteiger partial charge in [-0.3, -0.25) is 4.79 Å². The van der Waals surface area contributed by atoms with Crippen molar-refractivity contribution >= 4 is 23.9 Å². The number of carbonyl (C=O) groups is 4. The summed E-state index contributed by atoms with van der Waals surface area (Å²) in [6.45, 7) is 1.51. The zero-order valence-electron chi connectivity index (χ0n) is 25.3. The highest BCUT2D eigenvalue weighted by molar-refractivity contribution is 5.86. The lowest BCUT2D eigenvalue weighted by Gasteiger charge is -2.61. The van der Waals surface area contributed by atoms with Crippen molar-refractivity contribution in [2.45, 2.75) is 80.7 Å². The largest absolute Gasteiger partial charge is 0.481 e. The lowest BCUT2D eigenvalue weighted by Crippen LogP contribution is -2.74. The lowest BCUT2D eigenvalue weighted by molar-refractivity contribution is -0.180. The number of carbonyl (C=O) groups excluding carboxylic acids is 3. The average molecular weight is 638 g/mol. The van der Waals surface area contributed by atoms with Crippen LogP contribution in [0.3, 0.4) is 0 Å². The molecule has 13 heteroatoms. The quantitative estimate of drug-likeness (QED) is 0.214. The zero-order valence-corrected chi connectivity index (χ0v) is 25.3. The van der Waals surface area contributed by atoms with E-state index in [1.807, 2.05) is 13.1 Å². The maximum absolute atomic E-state index is 13.0. The summed E-state index contributed by atoms with van der Waals surface area (Å²) in [7, 11) is 1.96. The molecule has 7 atom stereocenters. The molecule has 2 bridgehead atoms. The Kier molecular flexibility index (Phi) is 8.13. The Morgan fingerprint density at radius 2 is 1.83 bits per heavy atom. The van der Waals surface area contributed by atoms with Crippen molar-refractivity contribution in [3.63, 3.8) is 0 Å². The second kappa shape index (κ2) is 11.8. The number of ether oxygens (including phenoxy) is 4. The highest BCUT2D eigenvalue weighted by Crippen LogP contribution is 2.64. The van der Waals surface area contributed by atoms with Crippen molar-refractivity contribution in [1.82, 2.24) is 4.90 Å². The Morgan fingerprint density at radius 1 is 1.09 bits per heavy atom. The smallest absolute Gasteiger partial charge is 0.349 e. The predicted molar refractivity (Wildman–Crippen MR) is 156 cm³/mol. The van der Waals surface area contributed by atoms with Crippen molar-refractivity contribution < 1.29 is 58.6 Å². The number of hydrogen-bond acceptors (Lipinski definition) is 12. The summed E-state index contributed by atoms with van der Waals surface area (Å²) in [5.74, 6) is -4.29. The van der Waals surface area contributed by atoms with E-state index in [-0.39, 0.29) is 30.4 Å². The van der Waals surface area contributed by atoms with Crippen LogP contribution >= 0.6 is 0 Å².